The van der Waals surface area contributed by atoms with Gasteiger partial charge >= 0.3 is 6.61 Å². The van der Waals surface area contributed by atoms with Crippen LogP contribution in [0.25, 0.3) is 0 Å². The molecule has 6 heteroatoms. The van der Waals surface area contributed by atoms with Gasteiger partial charge in [0.2, 0.25) is 0 Å². The Morgan fingerprint density at radius 1 is 1.24 bits per heavy atom. The van der Waals surface area contributed by atoms with Crippen LogP contribution in [0.1, 0.15) is 28.3 Å². The topological polar surface area (TPSA) is 37.4 Å². The molecule has 0 spiro atoms. The van der Waals surface area contributed by atoms with Crippen molar-refractivity contribution >= 4 is 0 Å². The molecule has 0 bridgehead atoms. The average Bonchev–Trinajstić information content (AvgIpc) is 2.59. The zero-order valence-corrected chi connectivity index (χ0v) is 14.5. The molecule has 2 heterocycles. The molecule has 1 unspecified atom stereocenters. The first-order valence-corrected chi connectivity index (χ1v) is 8.44. The van der Waals surface area contributed by atoms with E-state index in [0.29, 0.717) is 0 Å². The molecule has 0 amide bonds. The Balaban J connectivity index is 1.80. The highest BCUT2D eigenvalue weighted by molar-refractivity contribution is 5.43. The Bertz CT molecular complexity index is 686. The number of alkyl halides is 2. The quantitative estimate of drug-likeness (QED) is 0.899. The lowest BCUT2D eigenvalue weighted by atomic mass is 10.0. The third kappa shape index (κ3) is 4.32. The fourth-order valence-electron chi connectivity index (χ4n) is 3.49. The Labute approximate surface area is 146 Å². The van der Waals surface area contributed by atoms with Crippen molar-refractivity contribution in [2.45, 2.75) is 33.0 Å². The summed E-state index contributed by atoms with van der Waals surface area (Å²) in [5.74, 6) is 0.282. The zero-order chi connectivity index (χ0) is 17.8. The molecule has 1 aliphatic rings. The predicted molar refractivity (Wildman–Crippen MR) is 92.8 cm³/mol. The number of nitrogens with zero attached hydrogens (tertiary/aromatic N) is 2. The molecule has 1 aromatic heterocycles. The van der Waals surface area contributed by atoms with Gasteiger partial charge in [-0.25, -0.2) is 0 Å². The lowest BCUT2D eigenvalue weighted by Gasteiger charge is -2.36. The minimum Gasteiger partial charge on any atom is -0.434 e. The molecule has 3 rings (SSSR count). The van der Waals surface area contributed by atoms with Crippen LogP contribution in [0.2, 0.25) is 0 Å². The fraction of sp³-hybridized carbons (Fsp3) is 0.421. The maximum Gasteiger partial charge on any atom is 0.387 e. The number of aryl methyl sites for hydroxylation is 2. The van der Waals surface area contributed by atoms with E-state index in [1.807, 2.05) is 50.5 Å². The maximum absolute atomic E-state index is 12.6. The third-order valence-corrected chi connectivity index (χ3v) is 4.56. The molecule has 1 aliphatic heterocycles. The van der Waals surface area contributed by atoms with Crippen molar-refractivity contribution in [2.24, 2.45) is 0 Å². The number of hydrogen-bond acceptors (Lipinski definition) is 4. The normalized spacial score (nSPS) is 18.5. The number of benzene rings is 1. The van der Waals surface area contributed by atoms with Crippen molar-refractivity contribution in [1.29, 1.82) is 0 Å². The minimum atomic E-state index is -2.80. The zero-order valence-electron chi connectivity index (χ0n) is 14.5. The van der Waals surface area contributed by atoms with Crippen LogP contribution < -0.4 is 10.1 Å². The van der Waals surface area contributed by atoms with Gasteiger partial charge in [0.15, 0.2) is 0 Å². The van der Waals surface area contributed by atoms with Crippen molar-refractivity contribution in [2.75, 3.05) is 19.6 Å². The number of aromatic nitrogens is 1. The summed E-state index contributed by atoms with van der Waals surface area (Å²) < 4.78 is 29.7. The molecule has 0 aliphatic carbocycles. The second-order valence-electron chi connectivity index (χ2n) is 6.41. The number of hydrogen-bond donors (Lipinski definition) is 1. The molecule has 4 nitrogen and oxygen atoms in total. The van der Waals surface area contributed by atoms with E-state index in [9.17, 15) is 8.78 Å². The number of pyridine rings is 1. The number of piperazine rings is 1. The van der Waals surface area contributed by atoms with E-state index >= 15 is 0 Å². The van der Waals surface area contributed by atoms with Crippen LogP contribution in [-0.2, 0) is 6.54 Å². The molecule has 1 fully saturated rings. The summed E-state index contributed by atoms with van der Waals surface area (Å²) in [5.41, 5.74) is 3.82. The van der Waals surface area contributed by atoms with Gasteiger partial charge in [0.25, 0.3) is 0 Å². The maximum atomic E-state index is 12.6. The van der Waals surface area contributed by atoms with Gasteiger partial charge in [0.05, 0.1) is 0 Å². The summed E-state index contributed by atoms with van der Waals surface area (Å²) in [5, 5.41) is 3.44. The van der Waals surface area contributed by atoms with Crippen LogP contribution in [0, 0.1) is 13.8 Å². The Morgan fingerprint density at radius 2 is 1.92 bits per heavy atom. The Morgan fingerprint density at radius 3 is 2.56 bits per heavy atom. The molecule has 1 aromatic carbocycles. The summed E-state index contributed by atoms with van der Waals surface area (Å²) >= 11 is 0. The monoisotopic (exact) mass is 347 g/mol. The number of halogens is 2. The van der Waals surface area contributed by atoms with Crippen molar-refractivity contribution in [3.8, 4) is 5.75 Å². The van der Waals surface area contributed by atoms with Crippen molar-refractivity contribution in [1.82, 2.24) is 15.2 Å². The van der Waals surface area contributed by atoms with Crippen LogP contribution in [0.5, 0.6) is 5.75 Å². The van der Waals surface area contributed by atoms with Crippen LogP contribution in [0.3, 0.4) is 0 Å². The molecule has 1 atom stereocenters. The van der Waals surface area contributed by atoms with E-state index < -0.39 is 6.61 Å². The molecular formula is C19H23F2N3O. The number of rotatable bonds is 5. The first kappa shape index (κ1) is 17.8. The van der Waals surface area contributed by atoms with E-state index in [0.717, 1.165) is 42.9 Å². The molecule has 134 valence electrons. The van der Waals surface area contributed by atoms with Crippen molar-refractivity contribution in [3.63, 3.8) is 0 Å². The van der Waals surface area contributed by atoms with Gasteiger partial charge in [-0.15, -0.1) is 0 Å². The van der Waals surface area contributed by atoms with E-state index in [-0.39, 0.29) is 11.8 Å². The SMILES string of the molecule is Cc1cc(CN2CCNCC2c2ccncc2)cc(C)c1OC(F)F. The first-order valence-electron chi connectivity index (χ1n) is 8.44. The van der Waals surface area contributed by atoms with E-state index in [2.05, 4.69) is 19.9 Å². The summed E-state index contributed by atoms with van der Waals surface area (Å²) in [6, 6.07) is 8.24. The summed E-state index contributed by atoms with van der Waals surface area (Å²) in [4.78, 5) is 6.50. The Hall–Kier alpha value is -2.05. The fourth-order valence-corrected chi connectivity index (χ4v) is 3.49. The van der Waals surface area contributed by atoms with Crippen LogP contribution in [0.15, 0.2) is 36.7 Å². The van der Waals surface area contributed by atoms with Crippen molar-refractivity contribution < 1.29 is 13.5 Å². The van der Waals surface area contributed by atoms with E-state index in [1.54, 1.807) is 0 Å². The third-order valence-electron chi connectivity index (χ3n) is 4.56. The molecule has 0 saturated carbocycles. The number of nitrogens with one attached hydrogen (secondary N) is 1. The van der Waals surface area contributed by atoms with Crippen LogP contribution in [0.4, 0.5) is 8.78 Å². The first-order chi connectivity index (χ1) is 12.0. The minimum absolute atomic E-state index is 0.273. The summed E-state index contributed by atoms with van der Waals surface area (Å²) in [7, 11) is 0. The highest BCUT2D eigenvalue weighted by Gasteiger charge is 2.24. The van der Waals surface area contributed by atoms with Gasteiger partial charge in [-0.05, 0) is 48.2 Å². The second kappa shape index (κ2) is 7.89. The highest BCUT2D eigenvalue weighted by Crippen LogP contribution is 2.29. The predicted octanol–water partition coefficient (Wildman–Crippen LogP) is 3.45. The molecule has 25 heavy (non-hydrogen) atoms. The number of ether oxygens (including phenoxy) is 1. The molecular weight excluding hydrogens is 324 g/mol. The average molecular weight is 347 g/mol. The lowest BCUT2D eigenvalue weighted by molar-refractivity contribution is -0.0507. The van der Waals surface area contributed by atoms with Crippen molar-refractivity contribution in [3.05, 3.63) is 58.9 Å². The highest BCUT2D eigenvalue weighted by atomic mass is 19.3. The van der Waals surface area contributed by atoms with Gasteiger partial charge in [-0.1, -0.05) is 12.1 Å². The van der Waals surface area contributed by atoms with Gasteiger partial charge in [-0.3, -0.25) is 9.88 Å². The molecule has 2 aromatic rings. The summed E-state index contributed by atoms with van der Waals surface area (Å²) in [6.07, 6.45) is 3.62. The molecule has 1 N–H and O–H groups in total. The van der Waals surface area contributed by atoms with Gasteiger partial charge in [0, 0.05) is 44.6 Å². The Kier molecular flexibility index (Phi) is 5.60. The molecule has 0 radical (unpaired) electrons. The second-order valence-corrected chi connectivity index (χ2v) is 6.41. The lowest BCUT2D eigenvalue weighted by Crippen LogP contribution is -2.45. The largest absolute Gasteiger partial charge is 0.434 e. The van der Waals surface area contributed by atoms with E-state index in [4.69, 9.17) is 0 Å². The smallest absolute Gasteiger partial charge is 0.387 e. The molecule has 1 saturated heterocycles. The van der Waals surface area contributed by atoms with Gasteiger partial charge in [0.1, 0.15) is 5.75 Å². The van der Waals surface area contributed by atoms with E-state index in [1.165, 1.54) is 5.56 Å². The van der Waals surface area contributed by atoms with Gasteiger partial charge in [-0.2, -0.15) is 8.78 Å². The van der Waals surface area contributed by atoms with Crippen LogP contribution >= 0.6 is 0 Å². The standard InChI is InChI=1S/C19H23F2N3O/c1-13-9-15(10-14(2)18(13)25-19(20)21)12-24-8-7-23-11-17(24)16-3-5-22-6-4-16/h3-6,9-10,17,19,23H,7-8,11-12H2,1-2H3. The summed E-state index contributed by atoms with van der Waals surface area (Å²) in [6.45, 7) is 4.35. The van der Waals surface area contributed by atoms with Gasteiger partial charge < -0.3 is 10.1 Å². The van der Waals surface area contributed by atoms with Crippen LogP contribution in [-0.4, -0.2) is 36.1 Å².